The average molecular weight is 532 g/mol. The number of likely N-dealkylation sites (tertiary alicyclic amines) is 1. The van der Waals surface area contributed by atoms with Crippen molar-refractivity contribution in [3.8, 4) is 11.5 Å². The smallest absolute Gasteiger partial charge is 0.229 e. The summed E-state index contributed by atoms with van der Waals surface area (Å²) in [6.45, 7) is 5.18. The van der Waals surface area contributed by atoms with Crippen molar-refractivity contribution in [3.63, 3.8) is 0 Å². The zero-order valence-electron chi connectivity index (χ0n) is 20.7. The molecule has 4 rings (SSSR count). The topological polar surface area (TPSA) is 106 Å². The number of rotatable bonds is 9. The highest BCUT2D eigenvalue weighted by atomic mass is 35.5. The van der Waals surface area contributed by atoms with Gasteiger partial charge in [0.15, 0.2) is 15.7 Å². The molecule has 2 aromatic carbocycles. The van der Waals surface area contributed by atoms with Gasteiger partial charge < -0.3 is 25.0 Å². The molecule has 0 bridgehead atoms. The molecule has 1 saturated heterocycles. The number of nitrogens with one attached hydrogen (secondary N) is 2. The Bertz CT molecular complexity index is 1340. The molecule has 0 radical (unpaired) electrons. The molecule has 36 heavy (non-hydrogen) atoms. The fourth-order valence-electron chi connectivity index (χ4n) is 3.87. The molecular weight excluding hydrogens is 502 g/mol. The van der Waals surface area contributed by atoms with Crippen molar-refractivity contribution in [3.05, 3.63) is 53.7 Å². The van der Waals surface area contributed by atoms with Crippen LogP contribution in [0, 0.1) is 0 Å². The standard InChI is InChI=1S/C25H30ClN5O4S/c1-16(2)36(32,33)23-8-6-5-7-21(23)28-24-19(26)14-27-25(30-24)29-20-10-9-17(13-22(20)34-4)35-18-11-12-31(3)15-18/h5-10,13-14,16,18H,11-12,15H2,1-4H3,(H2,27,28,29,30)/t18-/m0/s1. The van der Waals surface area contributed by atoms with Gasteiger partial charge in [0, 0.05) is 19.2 Å². The van der Waals surface area contributed by atoms with E-state index in [4.69, 9.17) is 21.1 Å². The number of anilines is 4. The van der Waals surface area contributed by atoms with Crippen LogP contribution in [-0.2, 0) is 9.84 Å². The maximum absolute atomic E-state index is 12.8. The number of hydrogen-bond donors (Lipinski definition) is 2. The maximum atomic E-state index is 12.8. The fraction of sp³-hybridized carbons (Fsp3) is 0.360. The monoisotopic (exact) mass is 531 g/mol. The summed E-state index contributed by atoms with van der Waals surface area (Å²) in [4.78, 5) is 11.1. The number of halogens is 1. The zero-order valence-corrected chi connectivity index (χ0v) is 22.2. The number of aromatic nitrogens is 2. The highest BCUT2D eigenvalue weighted by Crippen LogP contribution is 2.34. The Hall–Kier alpha value is -3.08. The first-order valence-electron chi connectivity index (χ1n) is 11.6. The number of hydrogen-bond acceptors (Lipinski definition) is 9. The minimum Gasteiger partial charge on any atom is -0.494 e. The summed E-state index contributed by atoms with van der Waals surface area (Å²) < 4.78 is 37.3. The van der Waals surface area contributed by atoms with Gasteiger partial charge in [-0.05, 0) is 51.6 Å². The van der Waals surface area contributed by atoms with E-state index in [-0.39, 0.29) is 27.8 Å². The van der Waals surface area contributed by atoms with E-state index in [9.17, 15) is 8.42 Å². The Balaban J connectivity index is 1.56. The first kappa shape index (κ1) is 26.0. The molecule has 11 heteroatoms. The molecule has 0 spiro atoms. The first-order valence-corrected chi connectivity index (χ1v) is 13.5. The third kappa shape index (κ3) is 5.83. The van der Waals surface area contributed by atoms with Crippen LogP contribution in [-0.4, -0.2) is 61.9 Å². The summed E-state index contributed by atoms with van der Waals surface area (Å²) in [5, 5.41) is 5.86. The van der Waals surface area contributed by atoms with Crippen LogP contribution in [0.2, 0.25) is 5.02 Å². The van der Waals surface area contributed by atoms with Crippen LogP contribution in [0.4, 0.5) is 23.1 Å². The molecule has 0 aliphatic carbocycles. The summed E-state index contributed by atoms with van der Waals surface area (Å²) in [6.07, 6.45) is 2.57. The average Bonchev–Trinajstić information content (AvgIpc) is 3.26. The van der Waals surface area contributed by atoms with Gasteiger partial charge in [0.2, 0.25) is 5.95 Å². The SMILES string of the molecule is COc1cc(O[C@H]2CCN(C)C2)ccc1Nc1ncc(Cl)c(Nc2ccccc2S(=O)(=O)C(C)C)n1. The minimum atomic E-state index is -3.52. The van der Waals surface area contributed by atoms with Crippen molar-refractivity contribution < 1.29 is 17.9 Å². The lowest BCUT2D eigenvalue weighted by molar-refractivity contribution is 0.207. The van der Waals surface area contributed by atoms with Gasteiger partial charge in [-0.1, -0.05) is 23.7 Å². The van der Waals surface area contributed by atoms with Gasteiger partial charge >= 0.3 is 0 Å². The summed E-state index contributed by atoms with van der Waals surface area (Å²) in [5.41, 5.74) is 1.03. The van der Waals surface area contributed by atoms with Crippen molar-refractivity contribution >= 4 is 44.6 Å². The van der Waals surface area contributed by atoms with E-state index in [0.717, 1.165) is 25.3 Å². The van der Waals surface area contributed by atoms with E-state index in [1.165, 1.54) is 6.20 Å². The lowest BCUT2D eigenvalue weighted by Gasteiger charge is -2.17. The summed E-state index contributed by atoms with van der Waals surface area (Å²) >= 11 is 6.34. The van der Waals surface area contributed by atoms with E-state index >= 15 is 0 Å². The molecule has 1 atom stereocenters. The predicted molar refractivity (Wildman–Crippen MR) is 142 cm³/mol. The Morgan fingerprint density at radius 2 is 1.92 bits per heavy atom. The van der Waals surface area contributed by atoms with Gasteiger partial charge in [0.1, 0.15) is 22.6 Å². The molecule has 2 N–H and O–H groups in total. The number of likely N-dealkylation sites (N-methyl/N-ethyl adjacent to an activating group) is 1. The Kier molecular flexibility index (Phi) is 7.87. The van der Waals surface area contributed by atoms with Gasteiger partial charge in [-0.15, -0.1) is 0 Å². The van der Waals surface area contributed by atoms with E-state index in [0.29, 0.717) is 17.1 Å². The molecule has 1 aliphatic heterocycles. The van der Waals surface area contributed by atoms with Gasteiger partial charge in [-0.3, -0.25) is 0 Å². The summed E-state index contributed by atoms with van der Waals surface area (Å²) in [5.74, 6) is 1.82. The van der Waals surface area contributed by atoms with Gasteiger partial charge in [0.25, 0.3) is 0 Å². The van der Waals surface area contributed by atoms with Crippen molar-refractivity contribution in [2.24, 2.45) is 0 Å². The molecule has 0 amide bonds. The second kappa shape index (κ2) is 10.9. The Morgan fingerprint density at radius 3 is 2.61 bits per heavy atom. The normalized spacial score (nSPS) is 16.2. The number of sulfone groups is 1. The van der Waals surface area contributed by atoms with Crippen molar-refractivity contribution in [2.45, 2.75) is 36.5 Å². The number of methoxy groups -OCH3 is 1. The van der Waals surface area contributed by atoms with Crippen LogP contribution in [0.15, 0.2) is 53.6 Å². The molecule has 1 aliphatic rings. The van der Waals surface area contributed by atoms with Crippen LogP contribution in [0.1, 0.15) is 20.3 Å². The third-order valence-electron chi connectivity index (χ3n) is 5.88. The lowest BCUT2D eigenvalue weighted by Crippen LogP contribution is -2.21. The zero-order chi connectivity index (χ0) is 25.9. The van der Waals surface area contributed by atoms with Crippen LogP contribution >= 0.6 is 11.6 Å². The predicted octanol–water partition coefficient (Wildman–Crippen LogP) is 4.89. The van der Waals surface area contributed by atoms with Crippen LogP contribution in [0.25, 0.3) is 0 Å². The minimum absolute atomic E-state index is 0.147. The van der Waals surface area contributed by atoms with Crippen molar-refractivity contribution in [1.29, 1.82) is 0 Å². The maximum Gasteiger partial charge on any atom is 0.229 e. The van der Waals surface area contributed by atoms with E-state index in [1.54, 1.807) is 45.2 Å². The second-order valence-corrected chi connectivity index (χ2v) is 11.8. The molecule has 192 valence electrons. The first-order chi connectivity index (χ1) is 17.2. The van der Waals surface area contributed by atoms with Crippen molar-refractivity contribution in [2.75, 3.05) is 37.9 Å². The second-order valence-electron chi connectivity index (χ2n) is 8.88. The fourth-order valence-corrected chi connectivity index (χ4v) is 5.21. The summed E-state index contributed by atoms with van der Waals surface area (Å²) in [6, 6.07) is 12.2. The van der Waals surface area contributed by atoms with Gasteiger partial charge in [-0.2, -0.15) is 4.98 Å². The van der Waals surface area contributed by atoms with E-state index < -0.39 is 15.1 Å². The van der Waals surface area contributed by atoms with E-state index in [2.05, 4.69) is 32.5 Å². The quantitative estimate of drug-likeness (QED) is 0.399. The lowest BCUT2D eigenvalue weighted by atomic mass is 10.2. The number of ether oxygens (including phenoxy) is 2. The largest absolute Gasteiger partial charge is 0.494 e. The molecule has 1 aromatic heterocycles. The van der Waals surface area contributed by atoms with Crippen LogP contribution in [0.5, 0.6) is 11.5 Å². The number of benzene rings is 2. The molecule has 0 unspecified atom stereocenters. The third-order valence-corrected chi connectivity index (χ3v) is 8.37. The summed E-state index contributed by atoms with van der Waals surface area (Å²) in [7, 11) is 0.136. The van der Waals surface area contributed by atoms with Crippen LogP contribution < -0.4 is 20.1 Å². The molecule has 0 saturated carbocycles. The Labute approximate surface area is 216 Å². The van der Waals surface area contributed by atoms with Gasteiger partial charge in [-0.25, -0.2) is 13.4 Å². The molecule has 2 heterocycles. The Morgan fingerprint density at radius 1 is 1.14 bits per heavy atom. The van der Waals surface area contributed by atoms with Crippen molar-refractivity contribution in [1.82, 2.24) is 14.9 Å². The molecule has 1 fully saturated rings. The number of para-hydroxylation sites is 1. The molecule has 3 aromatic rings. The molecule has 9 nitrogen and oxygen atoms in total. The van der Waals surface area contributed by atoms with Crippen LogP contribution in [0.3, 0.4) is 0 Å². The highest BCUT2D eigenvalue weighted by Gasteiger charge is 2.24. The molecular formula is C25H30ClN5O4S. The highest BCUT2D eigenvalue weighted by molar-refractivity contribution is 7.92. The van der Waals surface area contributed by atoms with Gasteiger partial charge in [0.05, 0.1) is 34.8 Å². The van der Waals surface area contributed by atoms with E-state index in [1.807, 2.05) is 18.2 Å². The number of nitrogens with zero attached hydrogens (tertiary/aromatic N) is 3.